The molecule has 0 aliphatic carbocycles. The second-order valence-corrected chi connectivity index (χ2v) is 8.35. The van der Waals surface area contributed by atoms with E-state index < -0.39 is 58.2 Å². The first-order valence-corrected chi connectivity index (χ1v) is 10.3. The topological polar surface area (TPSA) is 156 Å². The Morgan fingerprint density at radius 3 is 2.63 bits per heavy atom. The Morgan fingerprint density at radius 1 is 1.30 bits per heavy atom. The van der Waals surface area contributed by atoms with Crippen LogP contribution in [0.3, 0.4) is 0 Å². The van der Waals surface area contributed by atoms with E-state index in [1.807, 2.05) is 0 Å². The number of carbonyl (C=O) groups excluding carboxylic acids is 2. The van der Waals surface area contributed by atoms with E-state index in [-0.39, 0.29) is 6.54 Å². The van der Waals surface area contributed by atoms with Gasteiger partial charge in [-0.05, 0) is 30.5 Å². The summed E-state index contributed by atoms with van der Waals surface area (Å²) < 4.78 is 40.4. The number of carbonyl (C=O) groups is 3. The van der Waals surface area contributed by atoms with Gasteiger partial charge in [0, 0.05) is 25.0 Å². The highest BCUT2D eigenvalue weighted by Gasteiger charge is 2.37. The molecule has 0 bridgehead atoms. The summed E-state index contributed by atoms with van der Waals surface area (Å²) in [5.41, 5.74) is 0.292. The van der Waals surface area contributed by atoms with Crippen LogP contribution in [0, 0.1) is 5.82 Å². The molecule has 0 radical (unpaired) electrons. The molecule has 1 aromatic carbocycles. The van der Waals surface area contributed by atoms with Crippen LogP contribution in [0.5, 0.6) is 5.75 Å². The van der Waals surface area contributed by atoms with Crippen molar-refractivity contribution < 1.29 is 37.4 Å². The summed E-state index contributed by atoms with van der Waals surface area (Å²) in [5.74, 6) is -4.29. The average Bonchev–Trinajstić information content (AvgIpc) is 2.91. The zero-order valence-corrected chi connectivity index (χ0v) is 16.4. The summed E-state index contributed by atoms with van der Waals surface area (Å²) in [5, 5.41) is 21.9. The van der Waals surface area contributed by atoms with Crippen molar-refractivity contribution in [3.05, 3.63) is 35.4 Å². The molecule has 3 rings (SSSR count). The molecule has 0 unspecified atom stereocenters. The number of carboxylic acid groups (broad SMARTS) is 1. The average molecular weight is 442 g/mol. The molecule has 2 aliphatic rings. The highest BCUT2D eigenvalue weighted by molar-refractivity contribution is 7.92. The Kier molecular flexibility index (Phi) is 5.82. The summed E-state index contributed by atoms with van der Waals surface area (Å²) in [6, 6.07) is 2.19. The first kappa shape index (κ1) is 21.4. The van der Waals surface area contributed by atoms with Gasteiger partial charge >= 0.3 is 16.2 Å². The van der Waals surface area contributed by atoms with Crippen molar-refractivity contribution in [3.63, 3.8) is 0 Å². The maximum Gasteiger partial charge on any atom is 0.326 e. The normalized spacial score (nSPS) is 18.0. The third-order valence-corrected chi connectivity index (χ3v) is 5.85. The van der Waals surface area contributed by atoms with Crippen molar-refractivity contribution in [1.82, 2.24) is 14.9 Å². The van der Waals surface area contributed by atoms with Crippen molar-refractivity contribution in [1.29, 1.82) is 0 Å². The van der Waals surface area contributed by atoms with Gasteiger partial charge in [-0.25, -0.2) is 13.4 Å². The molecule has 1 aromatic rings. The van der Waals surface area contributed by atoms with Gasteiger partial charge in [0.25, 0.3) is 5.91 Å². The number of rotatable bonds is 6. The molecule has 13 heteroatoms. The molecule has 2 amide bonds. The fraction of sp³-hybridized carbons (Fsp3) is 0.353. The van der Waals surface area contributed by atoms with Gasteiger partial charge < -0.3 is 20.4 Å². The lowest BCUT2D eigenvalue weighted by Crippen LogP contribution is -2.33. The number of phenols is 1. The Hall–Kier alpha value is -3.35. The van der Waals surface area contributed by atoms with E-state index in [2.05, 4.69) is 5.32 Å². The second kappa shape index (κ2) is 8.18. The van der Waals surface area contributed by atoms with Gasteiger partial charge in [-0.3, -0.25) is 14.4 Å². The molecule has 2 heterocycles. The zero-order chi connectivity index (χ0) is 22.1. The quantitative estimate of drug-likeness (QED) is 0.439. The van der Waals surface area contributed by atoms with Gasteiger partial charge in [0.1, 0.15) is 24.4 Å². The molecule has 162 valence electrons. The number of hydrogen-bond acceptors (Lipinski definition) is 7. The van der Waals surface area contributed by atoms with Crippen molar-refractivity contribution in [3.8, 4) is 5.75 Å². The van der Waals surface area contributed by atoms with E-state index in [1.165, 1.54) is 17.2 Å². The summed E-state index contributed by atoms with van der Waals surface area (Å²) >= 11 is 0. The Bertz CT molecular complexity index is 1020. The summed E-state index contributed by atoms with van der Waals surface area (Å²) in [6.07, 6.45) is 2.06. The molecule has 30 heavy (non-hydrogen) atoms. The first-order valence-electron chi connectivity index (χ1n) is 8.87. The Morgan fingerprint density at radius 2 is 2.03 bits per heavy atom. The highest BCUT2D eigenvalue weighted by atomic mass is 32.2. The lowest BCUT2D eigenvalue weighted by Gasteiger charge is -2.25. The Balaban J connectivity index is 1.72. The number of halogens is 1. The first-order chi connectivity index (χ1) is 14.1. The summed E-state index contributed by atoms with van der Waals surface area (Å²) in [4.78, 5) is 35.2. The molecule has 0 saturated carbocycles. The zero-order valence-electron chi connectivity index (χ0n) is 15.6. The monoisotopic (exact) mass is 442 g/mol. The van der Waals surface area contributed by atoms with Gasteiger partial charge in [-0.15, -0.1) is 0 Å². The molecule has 4 N–H and O–H groups in total. The molecule has 0 aromatic heterocycles. The number of aromatic hydroxyl groups is 1. The molecule has 11 nitrogen and oxygen atoms in total. The van der Waals surface area contributed by atoms with Crippen LogP contribution < -0.4 is 14.3 Å². The predicted octanol–water partition coefficient (Wildman–Crippen LogP) is -0.260. The van der Waals surface area contributed by atoms with E-state index in [0.29, 0.717) is 35.0 Å². The maximum absolute atomic E-state index is 14.5. The van der Waals surface area contributed by atoms with Crippen LogP contribution in [0.2, 0.25) is 0 Å². The lowest BCUT2D eigenvalue weighted by molar-refractivity contribution is -0.143. The van der Waals surface area contributed by atoms with Crippen LogP contribution in [-0.2, 0) is 31.1 Å². The molecular weight excluding hydrogens is 423 g/mol. The van der Waals surface area contributed by atoms with Gasteiger partial charge in [0.05, 0.1) is 0 Å². The number of nitrogens with one attached hydrogen (secondary N) is 2. The number of aliphatic carboxylic acids is 1. The third-order valence-electron chi connectivity index (χ3n) is 4.47. The van der Waals surface area contributed by atoms with Crippen molar-refractivity contribution in [2.45, 2.75) is 25.8 Å². The summed E-state index contributed by atoms with van der Waals surface area (Å²) in [6.45, 7) is -0.197. The third kappa shape index (κ3) is 4.62. The fourth-order valence-electron chi connectivity index (χ4n) is 3.17. The van der Waals surface area contributed by atoms with Crippen molar-refractivity contribution in [2.75, 3.05) is 17.4 Å². The van der Waals surface area contributed by atoms with Crippen LogP contribution in [0.4, 0.5) is 10.1 Å². The molecule has 0 atom stereocenters. The molecular formula is C17H19FN4O7S. The largest absolute Gasteiger partial charge is 0.506 e. The number of phenolic OH excluding ortho intramolecular Hbond substituents is 1. The van der Waals surface area contributed by atoms with Crippen LogP contribution in [0.25, 0.3) is 0 Å². The Labute approximate surface area is 170 Å². The molecule has 1 fully saturated rings. The second-order valence-electron chi connectivity index (χ2n) is 6.75. The van der Waals surface area contributed by atoms with Gasteiger partial charge in [-0.2, -0.15) is 8.42 Å². The highest BCUT2D eigenvalue weighted by Crippen LogP contribution is 2.34. The van der Waals surface area contributed by atoms with Gasteiger partial charge in [0.2, 0.25) is 5.91 Å². The number of nitrogens with zero attached hydrogens (tertiary/aromatic N) is 2. The van der Waals surface area contributed by atoms with Gasteiger partial charge in [0.15, 0.2) is 5.82 Å². The minimum absolute atomic E-state index is 0.0570. The van der Waals surface area contributed by atoms with E-state index in [4.69, 9.17) is 5.11 Å². The van der Waals surface area contributed by atoms with Crippen LogP contribution >= 0.6 is 0 Å². The van der Waals surface area contributed by atoms with E-state index in [1.54, 1.807) is 4.72 Å². The molecule has 2 aliphatic heterocycles. The minimum atomic E-state index is -4.27. The van der Waals surface area contributed by atoms with E-state index in [9.17, 15) is 32.3 Å². The van der Waals surface area contributed by atoms with Crippen molar-refractivity contribution in [2.24, 2.45) is 0 Å². The number of hydrogen-bond donors (Lipinski definition) is 4. The van der Waals surface area contributed by atoms with Crippen LogP contribution in [0.15, 0.2) is 24.0 Å². The minimum Gasteiger partial charge on any atom is -0.506 e. The smallest absolute Gasteiger partial charge is 0.326 e. The molecule has 0 spiro atoms. The van der Waals surface area contributed by atoms with Crippen LogP contribution in [0.1, 0.15) is 24.8 Å². The van der Waals surface area contributed by atoms with Crippen LogP contribution in [-0.4, -0.2) is 54.4 Å². The molecule has 1 saturated heterocycles. The van der Waals surface area contributed by atoms with Gasteiger partial charge in [-0.1, -0.05) is 0 Å². The maximum atomic E-state index is 14.5. The standard InChI is InChI=1S/C17H19FN4O7S/c18-12-4-10(5-13(23)17(12)22-9-14(24)20-30(22,28)29)7-19-11-2-1-3-21(8-11)15(25)6-16(26)27/h4-5,8,19,23H,1-3,6-7,9H2,(H,20,24)(H,26,27). The van der Waals surface area contributed by atoms with E-state index in [0.717, 1.165) is 6.07 Å². The summed E-state index contributed by atoms with van der Waals surface area (Å²) in [7, 11) is -4.27. The van der Waals surface area contributed by atoms with E-state index >= 15 is 0 Å². The number of carboxylic acids is 1. The SMILES string of the molecule is O=C(O)CC(=O)N1C=C(NCc2cc(O)c(N3CC(=O)NS3(=O)=O)c(F)c2)CCC1. The predicted molar refractivity (Wildman–Crippen MR) is 101 cm³/mol. The number of allylic oxidation sites excluding steroid dienone is 1. The number of anilines is 1. The number of amides is 2. The van der Waals surface area contributed by atoms with Crippen molar-refractivity contribution >= 4 is 33.7 Å². The number of benzene rings is 1. The lowest BCUT2D eigenvalue weighted by atomic mass is 10.1. The fourth-order valence-corrected chi connectivity index (χ4v) is 4.34.